The molecule has 3 rings (SSSR count). The van der Waals surface area contributed by atoms with Crippen LogP contribution in [0.4, 0.5) is 0 Å². The van der Waals surface area contributed by atoms with Crippen molar-refractivity contribution in [1.82, 2.24) is 14.9 Å². The van der Waals surface area contributed by atoms with Crippen LogP contribution in [0, 0.1) is 5.92 Å². The van der Waals surface area contributed by atoms with Crippen LogP contribution >= 0.6 is 0 Å². The van der Waals surface area contributed by atoms with Crippen LogP contribution in [0.5, 0.6) is 0 Å². The predicted octanol–water partition coefficient (Wildman–Crippen LogP) is 2.56. The van der Waals surface area contributed by atoms with Gasteiger partial charge in [0.1, 0.15) is 11.6 Å². The Labute approximate surface area is 125 Å². The van der Waals surface area contributed by atoms with Crippen molar-refractivity contribution in [2.75, 3.05) is 6.54 Å². The summed E-state index contributed by atoms with van der Waals surface area (Å²) in [5.41, 5.74) is 2.13. The fraction of sp³-hybridized carbons (Fsp3) is 0.529. The van der Waals surface area contributed by atoms with Gasteiger partial charge in [-0.1, -0.05) is 19.1 Å². The van der Waals surface area contributed by atoms with Crippen LogP contribution in [-0.4, -0.2) is 27.9 Å². The number of aryl methyl sites for hydroxylation is 1. The van der Waals surface area contributed by atoms with Crippen LogP contribution in [-0.2, 0) is 17.8 Å². The van der Waals surface area contributed by atoms with E-state index < -0.39 is 0 Å². The molecule has 1 aliphatic heterocycles. The first-order valence-corrected chi connectivity index (χ1v) is 7.91. The second-order valence-corrected chi connectivity index (χ2v) is 5.95. The molecule has 2 atom stereocenters. The molecule has 0 spiro atoms. The summed E-state index contributed by atoms with van der Waals surface area (Å²) in [7, 11) is 0. The van der Waals surface area contributed by atoms with Gasteiger partial charge in [0, 0.05) is 18.5 Å². The highest BCUT2D eigenvalue weighted by atomic mass is 16.1. The molecule has 21 heavy (non-hydrogen) atoms. The Balaban J connectivity index is 1.89. The number of carbonyl (C=O) groups is 1. The molecular formula is C17H23N3O. The second kappa shape index (κ2) is 5.98. The quantitative estimate of drug-likeness (QED) is 0.918. The number of carbonyl (C=O) groups excluding carboxylic acids is 1. The Hall–Kier alpha value is -1.68. The van der Waals surface area contributed by atoms with Crippen molar-refractivity contribution in [3.63, 3.8) is 0 Å². The lowest BCUT2D eigenvalue weighted by molar-refractivity contribution is -0.122. The van der Waals surface area contributed by atoms with Crippen molar-refractivity contribution >= 4 is 16.8 Å². The van der Waals surface area contributed by atoms with Crippen LogP contribution in [0.1, 0.15) is 32.5 Å². The van der Waals surface area contributed by atoms with E-state index in [9.17, 15) is 4.79 Å². The molecule has 0 aliphatic carbocycles. The van der Waals surface area contributed by atoms with E-state index in [0.29, 0.717) is 18.2 Å². The number of nitrogens with one attached hydrogen (secondary N) is 1. The van der Waals surface area contributed by atoms with E-state index in [-0.39, 0.29) is 5.92 Å². The maximum Gasteiger partial charge on any atom is 0.145 e. The largest absolute Gasteiger partial charge is 0.328 e. The monoisotopic (exact) mass is 285 g/mol. The molecule has 2 unspecified atom stereocenters. The molecule has 2 heterocycles. The molecule has 0 radical (unpaired) electrons. The highest BCUT2D eigenvalue weighted by Gasteiger charge is 2.30. The van der Waals surface area contributed by atoms with Gasteiger partial charge >= 0.3 is 0 Å². The fourth-order valence-electron chi connectivity index (χ4n) is 3.32. The summed E-state index contributed by atoms with van der Waals surface area (Å²) in [5.74, 6) is 1.38. The van der Waals surface area contributed by atoms with E-state index in [2.05, 4.69) is 34.8 Å². The molecule has 0 amide bonds. The van der Waals surface area contributed by atoms with Crippen molar-refractivity contribution in [2.24, 2.45) is 5.92 Å². The van der Waals surface area contributed by atoms with Gasteiger partial charge in [-0.3, -0.25) is 4.79 Å². The first-order chi connectivity index (χ1) is 10.2. The van der Waals surface area contributed by atoms with Gasteiger partial charge in [-0.15, -0.1) is 0 Å². The first kappa shape index (κ1) is 14.3. The van der Waals surface area contributed by atoms with Crippen LogP contribution in [0.25, 0.3) is 11.0 Å². The summed E-state index contributed by atoms with van der Waals surface area (Å²) >= 11 is 0. The lowest BCUT2D eigenvalue weighted by Crippen LogP contribution is -2.29. The van der Waals surface area contributed by atoms with E-state index in [0.717, 1.165) is 42.8 Å². The first-order valence-electron chi connectivity index (χ1n) is 7.91. The minimum absolute atomic E-state index is 0.139. The van der Waals surface area contributed by atoms with Crippen LogP contribution in [0.2, 0.25) is 0 Å². The lowest BCUT2D eigenvalue weighted by atomic mass is 9.94. The van der Waals surface area contributed by atoms with Gasteiger partial charge < -0.3 is 9.88 Å². The Bertz CT molecular complexity index is 647. The summed E-state index contributed by atoms with van der Waals surface area (Å²) in [6.07, 6.45) is 2.45. The average Bonchev–Trinajstić information content (AvgIpc) is 3.04. The number of ketones is 1. The zero-order valence-electron chi connectivity index (χ0n) is 12.8. The third-order valence-corrected chi connectivity index (χ3v) is 4.45. The third kappa shape index (κ3) is 2.72. The number of Topliss-reactive ketones (excluding diaryl/α,β-unsaturated/α-hetero) is 1. The van der Waals surface area contributed by atoms with Gasteiger partial charge in [0.05, 0.1) is 17.5 Å². The maximum absolute atomic E-state index is 12.6. The SMILES string of the molecule is CCCn1c(CC(=O)C2CCNC2C)nc2ccccc21. The molecule has 112 valence electrons. The van der Waals surface area contributed by atoms with Crippen molar-refractivity contribution in [3.8, 4) is 0 Å². The van der Waals surface area contributed by atoms with E-state index in [1.807, 2.05) is 18.2 Å². The molecule has 4 nitrogen and oxygen atoms in total. The zero-order chi connectivity index (χ0) is 14.8. The molecule has 0 bridgehead atoms. The highest BCUT2D eigenvalue weighted by Crippen LogP contribution is 2.21. The van der Waals surface area contributed by atoms with E-state index in [1.54, 1.807) is 0 Å². The van der Waals surface area contributed by atoms with Crippen molar-refractivity contribution < 1.29 is 4.79 Å². The Morgan fingerprint density at radius 3 is 2.95 bits per heavy atom. The average molecular weight is 285 g/mol. The highest BCUT2D eigenvalue weighted by molar-refractivity contribution is 5.85. The molecule has 1 fully saturated rings. The Kier molecular flexibility index (Phi) is 4.06. The molecular weight excluding hydrogens is 262 g/mol. The van der Waals surface area contributed by atoms with E-state index >= 15 is 0 Å². The number of para-hydroxylation sites is 2. The zero-order valence-corrected chi connectivity index (χ0v) is 12.8. The number of benzene rings is 1. The molecule has 1 aliphatic rings. The van der Waals surface area contributed by atoms with Gasteiger partial charge in [-0.2, -0.15) is 0 Å². The minimum atomic E-state index is 0.139. The third-order valence-electron chi connectivity index (χ3n) is 4.45. The molecule has 1 aromatic carbocycles. The number of imidazole rings is 1. The summed E-state index contributed by atoms with van der Waals surface area (Å²) in [6.45, 7) is 6.12. The van der Waals surface area contributed by atoms with Crippen LogP contribution < -0.4 is 5.32 Å². The fourth-order valence-corrected chi connectivity index (χ4v) is 3.32. The Morgan fingerprint density at radius 2 is 2.24 bits per heavy atom. The molecule has 4 heteroatoms. The minimum Gasteiger partial charge on any atom is -0.328 e. The van der Waals surface area contributed by atoms with Crippen molar-refractivity contribution in [1.29, 1.82) is 0 Å². The number of nitrogens with zero attached hydrogens (tertiary/aromatic N) is 2. The van der Waals surface area contributed by atoms with Crippen molar-refractivity contribution in [2.45, 2.75) is 45.7 Å². The summed E-state index contributed by atoms with van der Waals surface area (Å²) in [4.78, 5) is 17.3. The van der Waals surface area contributed by atoms with Crippen LogP contribution in [0.15, 0.2) is 24.3 Å². The number of rotatable bonds is 5. The number of fused-ring (bicyclic) bond motifs is 1. The molecule has 1 N–H and O–H groups in total. The van der Waals surface area contributed by atoms with Gasteiger partial charge in [0.25, 0.3) is 0 Å². The number of hydrogen-bond acceptors (Lipinski definition) is 3. The summed E-state index contributed by atoms with van der Waals surface area (Å²) < 4.78 is 2.21. The van der Waals surface area contributed by atoms with Gasteiger partial charge in [0.15, 0.2) is 0 Å². The van der Waals surface area contributed by atoms with E-state index in [1.165, 1.54) is 0 Å². The molecule has 1 saturated heterocycles. The normalized spacial score (nSPS) is 22.0. The van der Waals surface area contributed by atoms with Gasteiger partial charge in [-0.05, 0) is 38.4 Å². The van der Waals surface area contributed by atoms with Gasteiger partial charge in [0.2, 0.25) is 0 Å². The Morgan fingerprint density at radius 1 is 1.43 bits per heavy atom. The topological polar surface area (TPSA) is 46.9 Å². The molecule has 2 aromatic rings. The predicted molar refractivity (Wildman–Crippen MR) is 84.3 cm³/mol. The maximum atomic E-state index is 12.6. The van der Waals surface area contributed by atoms with Crippen molar-refractivity contribution in [3.05, 3.63) is 30.1 Å². The van der Waals surface area contributed by atoms with Gasteiger partial charge in [-0.25, -0.2) is 4.98 Å². The smallest absolute Gasteiger partial charge is 0.145 e. The molecule has 1 aromatic heterocycles. The lowest BCUT2D eigenvalue weighted by Gasteiger charge is -2.14. The molecule has 0 saturated carbocycles. The standard InChI is InChI=1S/C17H23N3O/c1-3-10-20-15-7-5-4-6-14(15)19-17(20)11-16(21)13-8-9-18-12(13)2/h4-7,12-13,18H,3,8-11H2,1-2H3. The van der Waals surface area contributed by atoms with E-state index in [4.69, 9.17) is 0 Å². The number of aromatic nitrogens is 2. The van der Waals surface area contributed by atoms with Crippen LogP contribution in [0.3, 0.4) is 0 Å². The summed E-state index contributed by atoms with van der Waals surface area (Å²) in [6, 6.07) is 8.44. The second-order valence-electron chi connectivity index (χ2n) is 5.95. The number of hydrogen-bond donors (Lipinski definition) is 1. The summed E-state index contributed by atoms with van der Waals surface area (Å²) in [5, 5.41) is 3.35.